The summed E-state index contributed by atoms with van der Waals surface area (Å²) >= 11 is 0. The Morgan fingerprint density at radius 1 is 1.08 bits per heavy atom. The van der Waals surface area contributed by atoms with Gasteiger partial charge in [0.1, 0.15) is 12.2 Å². The van der Waals surface area contributed by atoms with E-state index in [-0.39, 0.29) is 36.2 Å². The van der Waals surface area contributed by atoms with E-state index < -0.39 is 25.9 Å². The fourth-order valence-corrected chi connectivity index (χ4v) is 4.41. The van der Waals surface area contributed by atoms with Crippen LogP contribution in [-0.4, -0.2) is 49.4 Å². The van der Waals surface area contributed by atoms with Gasteiger partial charge in [0, 0.05) is 6.54 Å². The molecule has 3 atom stereocenters. The van der Waals surface area contributed by atoms with E-state index in [1.54, 1.807) is 11.0 Å². The van der Waals surface area contributed by atoms with Crippen molar-refractivity contribution >= 4 is 20.3 Å². The average Bonchev–Trinajstić information content (AvgIpc) is 2.76. The van der Waals surface area contributed by atoms with Gasteiger partial charge in [0.05, 0.1) is 20.2 Å². The van der Waals surface area contributed by atoms with Gasteiger partial charge in [-0.3, -0.25) is 4.90 Å². The molecule has 1 aromatic rings. The van der Waals surface area contributed by atoms with Gasteiger partial charge in [0.15, 0.2) is 0 Å². The number of alkyl carbamates (subject to hydrolysis) is 1. The SMILES string of the molecule is C=C[C@H](C)N(C[C@@H](NC(=O)OC(C)(C)C)[C@@H](C)/C=C/[Si](C)(C)C(C)(C)C)C(=O)OCc1ccccc1. The molecule has 6 nitrogen and oxygen atoms in total. The Morgan fingerprint density at radius 3 is 2.17 bits per heavy atom. The molecule has 0 fully saturated rings. The monoisotopic (exact) mass is 516 g/mol. The molecule has 7 heteroatoms. The molecule has 202 valence electrons. The van der Waals surface area contributed by atoms with Crippen molar-refractivity contribution in [1.82, 2.24) is 10.2 Å². The van der Waals surface area contributed by atoms with E-state index in [1.165, 1.54) is 0 Å². The van der Waals surface area contributed by atoms with Crippen LogP contribution in [0.3, 0.4) is 0 Å². The molecular formula is C29H48N2O4Si. The molecule has 2 amide bonds. The van der Waals surface area contributed by atoms with E-state index in [0.29, 0.717) is 0 Å². The molecule has 1 aromatic carbocycles. The first-order valence-corrected chi connectivity index (χ1v) is 15.8. The number of nitrogens with one attached hydrogen (secondary N) is 1. The summed E-state index contributed by atoms with van der Waals surface area (Å²) in [6.45, 7) is 25.2. The Morgan fingerprint density at radius 2 is 1.67 bits per heavy atom. The van der Waals surface area contributed by atoms with Crippen LogP contribution in [0.5, 0.6) is 0 Å². The minimum Gasteiger partial charge on any atom is -0.445 e. The molecule has 1 rings (SSSR count). The lowest BCUT2D eigenvalue weighted by atomic mass is 10.0. The minimum absolute atomic E-state index is 0.0481. The van der Waals surface area contributed by atoms with Gasteiger partial charge in [-0.15, -0.1) is 6.58 Å². The lowest BCUT2D eigenvalue weighted by Crippen LogP contribution is -2.52. The molecule has 0 bridgehead atoms. The van der Waals surface area contributed by atoms with E-state index in [0.717, 1.165) is 5.56 Å². The zero-order valence-corrected chi connectivity index (χ0v) is 25.1. The summed E-state index contributed by atoms with van der Waals surface area (Å²) in [5.74, 6) is -0.0481. The first-order chi connectivity index (χ1) is 16.5. The number of carbonyl (C=O) groups is 2. The Hall–Kier alpha value is -2.54. The molecule has 0 aromatic heterocycles. The van der Waals surface area contributed by atoms with Crippen molar-refractivity contribution in [3.05, 3.63) is 60.3 Å². The van der Waals surface area contributed by atoms with Crippen LogP contribution in [-0.2, 0) is 16.1 Å². The van der Waals surface area contributed by atoms with Gasteiger partial charge in [-0.05, 0) is 44.2 Å². The molecular weight excluding hydrogens is 468 g/mol. The summed E-state index contributed by atoms with van der Waals surface area (Å²) in [5, 5.41) is 3.20. The first kappa shape index (κ1) is 31.5. The third-order valence-corrected chi connectivity index (χ3v) is 11.6. The lowest BCUT2D eigenvalue weighted by molar-refractivity contribution is 0.0456. The molecule has 0 heterocycles. The van der Waals surface area contributed by atoms with Crippen LogP contribution in [0.4, 0.5) is 9.59 Å². The molecule has 0 aliphatic heterocycles. The third-order valence-electron chi connectivity index (χ3n) is 6.75. The predicted octanol–water partition coefficient (Wildman–Crippen LogP) is 7.33. The van der Waals surface area contributed by atoms with Crippen LogP contribution >= 0.6 is 0 Å². The number of rotatable bonds is 10. The highest BCUT2D eigenvalue weighted by atomic mass is 28.3. The van der Waals surface area contributed by atoms with E-state index in [9.17, 15) is 9.59 Å². The van der Waals surface area contributed by atoms with Crippen molar-refractivity contribution in [2.75, 3.05) is 6.54 Å². The van der Waals surface area contributed by atoms with Gasteiger partial charge in [-0.25, -0.2) is 9.59 Å². The molecule has 0 aliphatic rings. The largest absolute Gasteiger partial charge is 0.445 e. The Kier molecular flexibility index (Phi) is 11.5. The molecule has 36 heavy (non-hydrogen) atoms. The van der Waals surface area contributed by atoms with Crippen molar-refractivity contribution in [3.63, 3.8) is 0 Å². The fourth-order valence-electron chi connectivity index (χ4n) is 3.13. The van der Waals surface area contributed by atoms with Crippen molar-refractivity contribution in [2.24, 2.45) is 5.92 Å². The first-order valence-electron chi connectivity index (χ1n) is 12.8. The van der Waals surface area contributed by atoms with Gasteiger partial charge in [0.2, 0.25) is 0 Å². The quantitative estimate of drug-likeness (QED) is 0.261. The number of benzene rings is 1. The zero-order valence-electron chi connectivity index (χ0n) is 24.1. The second-order valence-corrected chi connectivity index (χ2v) is 17.4. The Balaban J connectivity index is 3.17. The highest BCUT2D eigenvalue weighted by Crippen LogP contribution is 2.37. The second-order valence-electron chi connectivity index (χ2n) is 12.1. The van der Waals surface area contributed by atoms with Gasteiger partial charge in [0.25, 0.3) is 0 Å². The summed E-state index contributed by atoms with van der Waals surface area (Å²) < 4.78 is 11.2. The number of amides is 2. The standard InChI is InChI=1S/C29H48N2O4Si/c1-12-23(3)31(27(33)34-21-24-16-14-13-15-17-24)20-25(30-26(32)35-28(4,5)6)22(2)18-19-36(10,11)29(7,8)9/h12-19,22-23,25H,1,20-21H2,2-11H3,(H,30,32)/b19-18+/t22-,23-,25+/m0/s1. The second kappa shape index (κ2) is 13.1. The maximum Gasteiger partial charge on any atom is 0.410 e. The van der Waals surface area contributed by atoms with Gasteiger partial charge < -0.3 is 14.8 Å². The van der Waals surface area contributed by atoms with Gasteiger partial charge in [-0.1, -0.05) is 89.0 Å². The highest BCUT2D eigenvalue weighted by Gasteiger charge is 2.33. The van der Waals surface area contributed by atoms with E-state index in [1.807, 2.05) is 58.0 Å². The molecule has 0 unspecified atom stereocenters. The molecule has 0 radical (unpaired) electrons. The van der Waals surface area contributed by atoms with Crippen LogP contribution < -0.4 is 5.32 Å². The van der Waals surface area contributed by atoms with Gasteiger partial charge in [-0.2, -0.15) is 0 Å². The third kappa shape index (κ3) is 10.6. The van der Waals surface area contributed by atoms with E-state index in [2.05, 4.69) is 64.5 Å². The van der Waals surface area contributed by atoms with Crippen LogP contribution in [0.2, 0.25) is 18.1 Å². The lowest BCUT2D eigenvalue weighted by Gasteiger charge is -2.36. The van der Waals surface area contributed by atoms with Crippen molar-refractivity contribution in [2.45, 2.75) is 97.8 Å². The summed E-state index contributed by atoms with van der Waals surface area (Å²) in [6, 6.07) is 8.89. The maximum absolute atomic E-state index is 13.1. The molecule has 0 saturated heterocycles. The Bertz CT molecular complexity index is 885. The molecule has 0 saturated carbocycles. The number of hydrogen-bond acceptors (Lipinski definition) is 4. The van der Waals surface area contributed by atoms with Crippen LogP contribution in [0.25, 0.3) is 0 Å². The van der Waals surface area contributed by atoms with Crippen LogP contribution in [0.15, 0.2) is 54.8 Å². The fraction of sp³-hybridized carbons (Fsp3) is 0.586. The maximum atomic E-state index is 13.1. The highest BCUT2D eigenvalue weighted by molar-refractivity contribution is 6.84. The zero-order chi connectivity index (χ0) is 27.7. The van der Waals surface area contributed by atoms with Crippen molar-refractivity contribution < 1.29 is 19.1 Å². The summed E-state index contributed by atoms with van der Waals surface area (Å²) in [4.78, 5) is 27.5. The average molecular weight is 517 g/mol. The van der Waals surface area contributed by atoms with Crippen molar-refractivity contribution in [3.8, 4) is 0 Å². The minimum atomic E-state index is -1.68. The Labute approximate surface area is 220 Å². The number of hydrogen-bond donors (Lipinski definition) is 1. The predicted molar refractivity (Wildman–Crippen MR) is 152 cm³/mol. The summed E-state index contributed by atoms with van der Waals surface area (Å²) in [7, 11) is -1.68. The number of nitrogens with zero attached hydrogens (tertiary/aromatic N) is 1. The summed E-state index contributed by atoms with van der Waals surface area (Å²) in [5.41, 5.74) is 2.61. The number of carbonyl (C=O) groups excluding carboxylic acids is 2. The normalized spacial score (nSPS) is 15.1. The smallest absolute Gasteiger partial charge is 0.410 e. The summed E-state index contributed by atoms with van der Waals surface area (Å²) in [6.07, 6.45) is 2.91. The van der Waals surface area contributed by atoms with Gasteiger partial charge >= 0.3 is 12.2 Å². The topological polar surface area (TPSA) is 67.9 Å². The van der Waals surface area contributed by atoms with E-state index >= 15 is 0 Å². The number of ether oxygens (including phenoxy) is 2. The molecule has 1 N–H and O–H groups in total. The van der Waals surface area contributed by atoms with Crippen LogP contribution in [0, 0.1) is 5.92 Å². The van der Waals surface area contributed by atoms with E-state index in [4.69, 9.17) is 9.47 Å². The van der Waals surface area contributed by atoms with Crippen molar-refractivity contribution in [1.29, 1.82) is 0 Å². The molecule has 0 aliphatic carbocycles. The van der Waals surface area contributed by atoms with Crippen LogP contribution in [0.1, 0.15) is 61.0 Å². The molecule has 0 spiro atoms.